The number of terminal acetylenes is 1. The van der Waals surface area contributed by atoms with Crippen LogP contribution in [-0.4, -0.2) is 11.8 Å². The third-order valence-corrected chi connectivity index (χ3v) is 3.31. The first-order chi connectivity index (χ1) is 10.0. The second-order valence-corrected chi connectivity index (χ2v) is 4.67. The van der Waals surface area contributed by atoms with Gasteiger partial charge in [-0.3, -0.25) is 9.59 Å². The molecule has 1 heterocycles. The fourth-order valence-electron chi connectivity index (χ4n) is 2.39. The Kier molecular flexibility index (Phi) is 2.67. The molecular weight excluding hydrogens is 266 g/mol. The first kappa shape index (κ1) is 12.8. The number of benzene rings is 2. The summed E-state index contributed by atoms with van der Waals surface area (Å²) in [7, 11) is 0. The molecule has 0 aromatic heterocycles. The van der Waals surface area contributed by atoms with Gasteiger partial charge in [0.15, 0.2) is 0 Å². The summed E-state index contributed by atoms with van der Waals surface area (Å²) in [6.45, 7) is 0. The van der Waals surface area contributed by atoms with E-state index in [1.807, 2.05) is 0 Å². The Morgan fingerprint density at radius 2 is 1.81 bits per heavy atom. The lowest BCUT2D eigenvalue weighted by molar-refractivity contribution is 0.0926. The van der Waals surface area contributed by atoms with Crippen molar-refractivity contribution in [2.45, 2.75) is 0 Å². The first-order valence-corrected chi connectivity index (χ1v) is 6.17. The van der Waals surface area contributed by atoms with Gasteiger partial charge in [-0.1, -0.05) is 12.0 Å². The van der Waals surface area contributed by atoms with Crippen LogP contribution >= 0.6 is 0 Å². The predicted molar refractivity (Wildman–Crippen MR) is 80.8 cm³/mol. The summed E-state index contributed by atoms with van der Waals surface area (Å²) in [4.78, 5) is 26.0. The molecule has 0 bridgehead atoms. The Bertz CT molecular complexity index is 834. The third-order valence-electron chi connectivity index (χ3n) is 3.31. The van der Waals surface area contributed by atoms with Crippen molar-refractivity contribution < 1.29 is 9.59 Å². The lowest BCUT2D eigenvalue weighted by atomic mass is 10.1. The van der Waals surface area contributed by atoms with E-state index in [0.717, 1.165) is 4.90 Å². The van der Waals surface area contributed by atoms with Crippen molar-refractivity contribution in [2.75, 3.05) is 16.4 Å². The Balaban J connectivity index is 2.16. The average molecular weight is 277 g/mol. The predicted octanol–water partition coefficient (Wildman–Crippen LogP) is 1.63. The molecule has 0 saturated heterocycles. The lowest BCUT2D eigenvalue weighted by Gasteiger charge is -2.14. The van der Waals surface area contributed by atoms with E-state index in [0.29, 0.717) is 16.9 Å². The second kappa shape index (κ2) is 4.39. The number of imide groups is 1. The molecule has 0 saturated carbocycles. The van der Waals surface area contributed by atoms with E-state index in [2.05, 4.69) is 5.92 Å². The highest BCUT2D eigenvalue weighted by Gasteiger charge is 2.38. The number of rotatable bonds is 1. The number of carbonyl (C=O) groups is 2. The molecule has 1 aliphatic rings. The van der Waals surface area contributed by atoms with Gasteiger partial charge in [0.25, 0.3) is 11.8 Å². The lowest BCUT2D eigenvalue weighted by Crippen LogP contribution is -2.29. The van der Waals surface area contributed by atoms with E-state index < -0.39 is 11.8 Å². The second-order valence-electron chi connectivity index (χ2n) is 4.67. The topological polar surface area (TPSA) is 89.4 Å². The average Bonchev–Trinajstić information content (AvgIpc) is 2.70. The summed E-state index contributed by atoms with van der Waals surface area (Å²) in [5, 5.41) is 0. The van der Waals surface area contributed by atoms with Gasteiger partial charge in [0.1, 0.15) is 0 Å². The molecule has 3 rings (SSSR count). The number of anilines is 3. The molecule has 102 valence electrons. The molecular formula is C16H11N3O2. The van der Waals surface area contributed by atoms with Gasteiger partial charge < -0.3 is 11.5 Å². The molecule has 1 aliphatic heterocycles. The van der Waals surface area contributed by atoms with Crippen LogP contribution in [0.5, 0.6) is 0 Å². The van der Waals surface area contributed by atoms with Gasteiger partial charge in [-0.05, 0) is 30.3 Å². The highest BCUT2D eigenvalue weighted by atomic mass is 16.2. The SMILES string of the molecule is C#Cc1cccc(N2C(=O)c3cc(N)cc(N)c3C2=O)c1. The molecule has 0 unspecified atom stereocenters. The molecule has 0 aliphatic carbocycles. The van der Waals surface area contributed by atoms with E-state index in [1.165, 1.54) is 12.1 Å². The molecule has 2 aromatic carbocycles. The Morgan fingerprint density at radius 3 is 2.52 bits per heavy atom. The van der Waals surface area contributed by atoms with E-state index in [-0.39, 0.29) is 16.8 Å². The number of hydrogen-bond acceptors (Lipinski definition) is 4. The molecule has 5 nitrogen and oxygen atoms in total. The van der Waals surface area contributed by atoms with Crippen LogP contribution in [0.25, 0.3) is 0 Å². The van der Waals surface area contributed by atoms with Crippen molar-refractivity contribution >= 4 is 28.9 Å². The van der Waals surface area contributed by atoms with Crippen molar-refractivity contribution in [2.24, 2.45) is 0 Å². The number of nitrogens with zero attached hydrogens (tertiary/aromatic N) is 1. The maximum atomic E-state index is 12.5. The summed E-state index contributed by atoms with van der Waals surface area (Å²) in [6.07, 6.45) is 5.34. The minimum Gasteiger partial charge on any atom is -0.399 e. The van der Waals surface area contributed by atoms with Crippen LogP contribution in [0.1, 0.15) is 26.3 Å². The minimum atomic E-state index is -0.471. The summed E-state index contributed by atoms with van der Waals surface area (Å²) in [5.41, 5.74) is 13.4. The normalized spacial score (nSPS) is 13.2. The standard InChI is InChI=1S/C16H11N3O2/c1-2-9-4-3-5-11(6-9)19-15(20)12-7-10(17)8-13(18)14(12)16(19)21/h1,3-8H,17-18H2. The number of hydrogen-bond donors (Lipinski definition) is 2. The van der Waals surface area contributed by atoms with Crippen molar-refractivity contribution in [1.29, 1.82) is 0 Å². The van der Waals surface area contributed by atoms with Gasteiger partial charge in [0.2, 0.25) is 0 Å². The van der Waals surface area contributed by atoms with Crippen LogP contribution in [0.2, 0.25) is 0 Å². The summed E-state index contributed by atoms with van der Waals surface area (Å²) in [5.74, 6) is 1.54. The van der Waals surface area contributed by atoms with Crippen LogP contribution in [-0.2, 0) is 0 Å². The molecule has 2 amide bonds. The maximum absolute atomic E-state index is 12.5. The number of carbonyl (C=O) groups excluding carboxylic acids is 2. The number of amides is 2. The van der Waals surface area contributed by atoms with E-state index in [1.54, 1.807) is 24.3 Å². The Morgan fingerprint density at radius 1 is 1.05 bits per heavy atom. The summed E-state index contributed by atoms with van der Waals surface area (Å²) >= 11 is 0. The zero-order valence-corrected chi connectivity index (χ0v) is 11.0. The minimum absolute atomic E-state index is 0.181. The zero-order chi connectivity index (χ0) is 15.1. The van der Waals surface area contributed by atoms with Crippen molar-refractivity contribution in [1.82, 2.24) is 0 Å². The van der Waals surface area contributed by atoms with E-state index >= 15 is 0 Å². The van der Waals surface area contributed by atoms with E-state index in [4.69, 9.17) is 17.9 Å². The smallest absolute Gasteiger partial charge is 0.268 e. The van der Waals surface area contributed by atoms with Crippen molar-refractivity contribution in [3.05, 3.63) is 53.1 Å². The van der Waals surface area contributed by atoms with Gasteiger partial charge in [-0.2, -0.15) is 0 Å². The van der Waals surface area contributed by atoms with Crippen molar-refractivity contribution in [3.63, 3.8) is 0 Å². The van der Waals surface area contributed by atoms with Crippen LogP contribution in [0.4, 0.5) is 17.1 Å². The largest absolute Gasteiger partial charge is 0.399 e. The molecule has 0 spiro atoms. The first-order valence-electron chi connectivity index (χ1n) is 6.17. The Labute approximate surface area is 121 Å². The van der Waals surface area contributed by atoms with E-state index in [9.17, 15) is 9.59 Å². The molecule has 0 atom stereocenters. The van der Waals surface area contributed by atoms with Gasteiger partial charge in [-0.25, -0.2) is 4.90 Å². The number of fused-ring (bicyclic) bond motifs is 1. The van der Waals surface area contributed by atoms with Gasteiger partial charge in [-0.15, -0.1) is 6.42 Å². The van der Waals surface area contributed by atoms with Gasteiger partial charge in [0, 0.05) is 16.9 Å². The fraction of sp³-hybridized carbons (Fsp3) is 0. The molecule has 0 fully saturated rings. The van der Waals surface area contributed by atoms with Crippen LogP contribution in [0.3, 0.4) is 0 Å². The molecule has 4 N–H and O–H groups in total. The van der Waals surface area contributed by atoms with Crippen LogP contribution < -0.4 is 16.4 Å². The quantitative estimate of drug-likeness (QED) is 0.471. The Hall–Kier alpha value is -3.26. The summed E-state index contributed by atoms with van der Waals surface area (Å²) in [6, 6.07) is 9.56. The monoisotopic (exact) mass is 277 g/mol. The molecule has 2 aromatic rings. The number of nitrogens with two attached hydrogens (primary N) is 2. The zero-order valence-electron chi connectivity index (χ0n) is 11.0. The van der Waals surface area contributed by atoms with Crippen molar-refractivity contribution in [3.8, 4) is 12.3 Å². The third kappa shape index (κ3) is 1.82. The maximum Gasteiger partial charge on any atom is 0.268 e. The molecule has 5 heteroatoms. The number of nitrogen functional groups attached to an aromatic ring is 2. The van der Waals surface area contributed by atoms with Gasteiger partial charge in [0.05, 0.1) is 16.8 Å². The summed E-state index contributed by atoms with van der Waals surface area (Å²) < 4.78 is 0. The highest BCUT2D eigenvalue weighted by Crippen LogP contribution is 2.33. The molecule has 0 radical (unpaired) electrons. The van der Waals surface area contributed by atoms with Gasteiger partial charge >= 0.3 is 0 Å². The molecule has 21 heavy (non-hydrogen) atoms. The fourth-order valence-corrected chi connectivity index (χ4v) is 2.39. The highest BCUT2D eigenvalue weighted by molar-refractivity contribution is 6.36. The van der Waals surface area contributed by atoms with Crippen LogP contribution in [0.15, 0.2) is 36.4 Å². The van der Waals surface area contributed by atoms with Crippen LogP contribution in [0, 0.1) is 12.3 Å².